The van der Waals surface area contributed by atoms with Crippen LogP contribution in [0.2, 0.25) is 0 Å². The zero-order chi connectivity index (χ0) is 17.5. The first-order chi connectivity index (χ1) is 12.3. The zero-order valence-corrected chi connectivity index (χ0v) is 19.3. The molecule has 0 aromatic carbocycles. The van der Waals surface area contributed by atoms with Crippen molar-refractivity contribution in [1.82, 2.24) is 15.5 Å². The van der Waals surface area contributed by atoms with E-state index in [2.05, 4.69) is 15.5 Å². The molecule has 3 aliphatic rings. The first-order valence-electron chi connectivity index (χ1n) is 10.1. The summed E-state index contributed by atoms with van der Waals surface area (Å²) in [5.74, 6) is 0.647. The number of hydrogen-bond donors (Lipinski definition) is 2. The summed E-state index contributed by atoms with van der Waals surface area (Å²) >= 11 is 0. The van der Waals surface area contributed by atoms with Crippen LogP contribution in [0.25, 0.3) is 0 Å². The summed E-state index contributed by atoms with van der Waals surface area (Å²) in [6.07, 6.45) is 8.14. The summed E-state index contributed by atoms with van der Waals surface area (Å²) in [5, 5.41) is 6.84. The van der Waals surface area contributed by atoms with E-state index in [1.165, 1.54) is 32.8 Å². The highest BCUT2D eigenvalue weighted by Gasteiger charge is 2.33. The van der Waals surface area contributed by atoms with E-state index in [9.17, 15) is 4.79 Å². The molecule has 2 saturated heterocycles. The number of carbonyl (C=O) groups is 1. The molecule has 6 nitrogen and oxygen atoms in total. The van der Waals surface area contributed by atoms with Gasteiger partial charge in [-0.1, -0.05) is 0 Å². The normalized spacial score (nSPS) is 29.0. The maximum atomic E-state index is 11.7. The molecular formula is C19H38Cl3N3O3. The highest BCUT2D eigenvalue weighted by Crippen LogP contribution is 2.28. The van der Waals surface area contributed by atoms with Crippen molar-refractivity contribution in [2.24, 2.45) is 5.92 Å². The summed E-state index contributed by atoms with van der Waals surface area (Å²) in [5.41, 5.74) is 0. The van der Waals surface area contributed by atoms with Gasteiger partial charge in [0.1, 0.15) is 0 Å². The molecule has 2 aliphatic heterocycles. The topological polar surface area (TPSA) is 62.8 Å². The maximum Gasteiger partial charge on any atom is 0.307 e. The van der Waals surface area contributed by atoms with E-state index >= 15 is 0 Å². The van der Waals surface area contributed by atoms with Crippen LogP contribution in [0.5, 0.6) is 0 Å². The van der Waals surface area contributed by atoms with Crippen molar-refractivity contribution in [2.45, 2.75) is 63.1 Å². The summed E-state index contributed by atoms with van der Waals surface area (Å²) in [4.78, 5) is 14.2. The highest BCUT2D eigenvalue weighted by atomic mass is 35.5. The molecule has 1 unspecified atom stereocenters. The number of methoxy groups -OCH3 is 1. The molecule has 1 aliphatic carbocycles. The van der Waals surface area contributed by atoms with E-state index in [1.54, 1.807) is 0 Å². The average Bonchev–Trinajstić information content (AvgIpc) is 2.68. The minimum atomic E-state index is -0.0994. The molecular weight excluding hydrogens is 425 g/mol. The molecule has 1 saturated carbocycles. The second-order valence-corrected chi connectivity index (χ2v) is 7.83. The lowest BCUT2D eigenvalue weighted by Crippen LogP contribution is -2.56. The van der Waals surface area contributed by atoms with Gasteiger partial charge in [0, 0.05) is 38.3 Å². The number of halogens is 3. The Labute approximate surface area is 188 Å². The quantitative estimate of drug-likeness (QED) is 0.591. The molecule has 28 heavy (non-hydrogen) atoms. The molecule has 3 rings (SSSR count). The Balaban J connectivity index is 0.00000243. The summed E-state index contributed by atoms with van der Waals surface area (Å²) in [7, 11) is 1.48. The summed E-state index contributed by atoms with van der Waals surface area (Å²) in [6, 6.07) is 0.869. The van der Waals surface area contributed by atoms with Crippen LogP contribution in [0.4, 0.5) is 0 Å². The molecule has 3 fully saturated rings. The average molecular weight is 463 g/mol. The lowest BCUT2D eigenvalue weighted by molar-refractivity contribution is -0.142. The van der Waals surface area contributed by atoms with E-state index in [0.29, 0.717) is 18.6 Å². The van der Waals surface area contributed by atoms with Gasteiger partial charge in [-0.05, 0) is 57.5 Å². The predicted octanol–water partition coefficient (Wildman–Crippen LogP) is 2.42. The number of esters is 1. The summed E-state index contributed by atoms with van der Waals surface area (Å²) in [6.45, 7) is 6.17. The fourth-order valence-corrected chi connectivity index (χ4v) is 4.59. The molecule has 0 aromatic heterocycles. The van der Waals surface area contributed by atoms with E-state index in [4.69, 9.17) is 9.47 Å². The van der Waals surface area contributed by atoms with E-state index in [-0.39, 0.29) is 49.2 Å². The molecule has 2 heterocycles. The van der Waals surface area contributed by atoms with Gasteiger partial charge in [0.15, 0.2) is 0 Å². The predicted molar refractivity (Wildman–Crippen MR) is 119 cm³/mol. The van der Waals surface area contributed by atoms with Crippen LogP contribution in [0.1, 0.15) is 44.9 Å². The fraction of sp³-hybridized carbons (Fsp3) is 0.947. The second kappa shape index (κ2) is 15.1. The molecule has 0 aromatic rings. The largest absolute Gasteiger partial charge is 0.469 e. The monoisotopic (exact) mass is 461 g/mol. The SMILES string of the molecule is COC(=O)CC1CNCCN1C1CCC(OCC2CCNCC2)CC1.Cl.Cl.Cl. The number of ether oxygens (including phenoxy) is 2. The van der Waals surface area contributed by atoms with Crippen molar-refractivity contribution in [3.8, 4) is 0 Å². The first kappa shape index (κ1) is 28.2. The van der Waals surface area contributed by atoms with Gasteiger partial charge >= 0.3 is 5.97 Å². The maximum absolute atomic E-state index is 11.7. The van der Waals surface area contributed by atoms with Gasteiger partial charge in [0.2, 0.25) is 0 Å². The van der Waals surface area contributed by atoms with Crippen molar-refractivity contribution < 1.29 is 14.3 Å². The molecule has 9 heteroatoms. The van der Waals surface area contributed by atoms with Crippen LogP contribution in [0.3, 0.4) is 0 Å². The van der Waals surface area contributed by atoms with Crippen LogP contribution >= 0.6 is 37.2 Å². The van der Waals surface area contributed by atoms with E-state index in [0.717, 1.165) is 58.1 Å². The van der Waals surface area contributed by atoms with Crippen molar-refractivity contribution in [1.29, 1.82) is 0 Å². The lowest BCUT2D eigenvalue weighted by atomic mass is 9.89. The molecule has 168 valence electrons. The van der Waals surface area contributed by atoms with Crippen molar-refractivity contribution >= 4 is 43.2 Å². The van der Waals surface area contributed by atoms with Gasteiger partial charge in [-0.2, -0.15) is 0 Å². The zero-order valence-electron chi connectivity index (χ0n) is 16.9. The van der Waals surface area contributed by atoms with Crippen LogP contribution in [0.15, 0.2) is 0 Å². The van der Waals surface area contributed by atoms with Crippen molar-refractivity contribution in [2.75, 3.05) is 46.4 Å². The van der Waals surface area contributed by atoms with Gasteiger partial charge in [0.05, 0.1) is 19.6 Å². The van der Waals surface area contributed by atoms with Crippen LogP contribution < -0.4 is 10.6 Å². The molecule has 0 spiro atoms. The molecule has 0 amide bonds. The third-order valence-electron chi connectivity index (χ3n) is 6.16. The van der Waals surface area contributed by atoms with Gasteiger partial charge < -0.3 is 20.1 Å². The lowest BCUT2D eigenvalue weighted by Gasteiger charge is -2.44. The Hall–Kier alpha value is 0.180. The fourth-order valence-electron chi connectivity index (χ4n) is 4.59. The van der Waals surface area contributed by atoms with Crippen LogP contribution in [-0.4, -0.2) is 75.5 Å². The standard InChI is InChI=1S/C19H35N3O3.3ClH/c1-24-19(23)12-17-13-21-10-11-22(17)16-2-4-18(5-3-16)25-14-15-6-8-20-9-7-15;;;/h15-18,20-21H,2-14H2,1H3;3*1H. The third kappa shape index (κ3) is 8.50. The highest BCUT2D eigenvalue weighted by molar-refractivity contribution is 5.86. The Bertz CT molecular complexity index is 420. The second-order valence-electron chi connectivity index (χ2n) is 7.83. The number of hydrogen-bond acceptors (Lipinski definition) is 6. The minimum Gasteiger partial charge on any atom is -0.469 e. The number of nitrogens with one attached hydrogen (secondary N) is 2. The molecule has 2 N–H and O–H groups in total. The van der Waals surface area contributed by atoms with E-state index in [1.807, 2.05) is 0 Å². The van der Waals surface area contributed by atoms with Gasteiger partial charge in [0.25, 0.3) is 0 Å². The number of nitrogens with zero attached hydrogens (tertiary/aromatic N) is 1. The Kier molecular flexibility index (Phi) is 15.1. The van der Waals surface area contributed by atoms with Gasteiger partial charge in [-0.25, -0.2) is 0 Å². The smallest absolute Gasteiger partial charge is 0.307 e. The van der Waals surface area contributed by atoms with Crippen LogP contribution in [-0.2, 0) is 14.3 Å². The number of carbonyl (C=O) groups excluding carboxylic acids is 1. The third-order valence-corrected chi connectivity index (χ3v) is 6.16. The Morgan fingerprint density at radius 1 is 0.964 bits per heavy atom. The first-order valence-corrected chi connectivity index (χ1v) is 10.1. The Morgan fingerprint density at radius 2 is 1.64 bits per heavy atom. The molecule has 0 radical (unpaired) electrons. The van der Waals surface area contributed by atoms with E-state index < -0.39 is 0 Å². The number of rotatable bonds is 6. The molecule has 1 atom stereocenters. The minimum absolute atomic E-state index is 0. The summed E-state index contributed by atoms with van der Waals surface area (Å²) < 4.78 is 11.1. The van der Waals surface area contributed by atoms with Crippen molar-refractivity contribution in [3.63, 3.8) is 0 Å². The van der Waals surface area contributed by atoms with Gasteiger partial charge in [-0.3, -0.25) is 9.69 Å². The number of piperazine rings is 1. The van der Waals surface area contributed by atoms with Crippen LogP contribution in [0, 0.1) is 5.92 Å². The molecule has 0 bridgehead atoms. The Morgan fingerprint density at radius 3 is 2.29 bits per heavy atom. The van der Waals surface area contributed by atoms with Gasteiger partial charge in [-0.15, -0.1) is 37.2 Å². The number of piperidine rings is 1. The van der Waals surface area contributed by atoms with Crippen molar-refractivity contribution in [3.05, 3.63) is 0 Å².